The first-order valence-electron chi connectivity index (χ1n) is 5.45. The van der Waals surface area contributed by atoms with E-state index < -0.39 is 0 Å². The Labute approximate surface area is 76.2 Å². The highest BCUT2D eigenvalue weighted by Gasteiger charge is 2.36. The summed E-state index contributed by atoms with van der Waals surface area (Å²) in [6, 6.07) is 0. The summed E-state index contributed by atoms with van der Waals surface area (Å²) in [4.78, 5) is 0. The lowest BCUT2D eigenvalue weighted by molar-refractivity contribution is -0.0566. The van der Waals surface area contributed by atoms with Crippen LogP contribution in [0.3, 0.4) is 0 Å². The first-order valence-corrected chi connectivity index (χ1v) is 5.45. The predicted molar refractivity (Wildman–Crippen MR) is 52.1 cm³/mol. The van der Waals surface area contributed by atoms with E-state index in [4.69, 9.17) is 0 Å². The molecule has 0 bridgehead atoms. The van der Waals surface area contributed by atoms with Crippen LogP contribution in [-0.4, -0.2) is 10.7 Å². The molecular formula is C11H22O. The summed E-state index contributed by atoms with van der Waals surface area (Å²) < 4.78 is 0. The fourth-order valence-electron chi connectivity index (χ4n) is 2.64. The number of rotatable bonds is 3. The minimum Gasteiger partial charge on any atom is -0.390 e. The van der Waals surface area contributed by atoms with Crippen LogP contribution < -0.4 is 0 Å². The molecule has 1 aliphatic carbocycles. The second-order valence-electron chi connectivity index (χ2n) is 4.20. The summed E-state index contributed by atoms with van der Waals surface area (Å²) in [5.41, 5.74) is -0.304. The lowest BCUT2D eigenvalue weighted by atomic mass is 9.72. The second-order valence-corrected chi connectivity index (χ2v) is 4.20. The van der Waals surface area contributed by atoms with Gasteiger partial charge in [0.1, 0.15) is 0 Å². The molecule has 72 valence electrons. The highest BCUT2D eigenvalue weighted by Crippen LogP contribution is 2.38. The summed E-state index contributed by atoms with van der Waals surface area (Å²) in [5.74, 6) is 0.575. The Balaban J connectivity index is 2.55. The van der Waals surface area contributed by atoms with E-state index in [-0.39, 0.29) is 5.60 Å². The molecule has 0 aromatic carbocycles. The molecule has 0 spiro atoms. The van der Waals surface area contributed by atoms with Crippen molar-refractivity contribution in [3.63, 3.8) is 0 Å². The molecule has 0 radical (unpaired) electrons. The zero-order valence-corrected chi connectivity index (χ0v) is 8.47. The molecule has 1 aliphatic rings. The quantitative estimate of drug-likeness (QED) is 0.690. The van der Waals surface area contributed by atoms with Crippen molar-refractivity contribution >= 4 is 0 Å². The Bertz CT molecular complexity index is 129. The molecule has 1 rings (SSSR count). The third kappa shape index (κ3) is 2.01. The maximum absolute atomic E-state index is 10.3. The lowest BCUT2D eigenvalue weighted by Crippen LogP contribution is -2.40. The van der Waals surface area contributed by atoms with Gasteiger partial charge in [0.15, 0.2) is 0 Å². The van der Waals surface area contributed by atoms with Gasteiger partial charge in [0.2, 0.25) is 0 Å². The molecule has 0 saturated heterocycles. The molecule has 1 fully saturated rings. The molecule has 1 N–H and O–H groups in total. The van der Waals surface area contributed by atoms with Crippen LogP contribution in [0.1, 0.15) is 58.8 Å². The molecule has 1 heteroatoms. The normalized spacial score (nSPS) is 36.8. The van der Waals surface area contributed by atoms with Gasteiger partial charge >= 0.3 is 0 Å². The molecule has 2 unspecified atom stereocenters. The Hall–Kier alpha value is -0.0400. The molecule has 12 heavy (non-hydrogen) atoms. The number of hydrogen-bond donors (Lipinski definition) is 1. The molecule has 1 nitrogen and oxygen atoms in total. The lowest BCUT2D eigenvalue weighted by Gasteiger charge is -2.39. The average Bonchev–Trinajstić information content (AvgIpc) is 2.05. The Morgan fingerprint density at radius 3 is 2.67 bits per heavy atom. The van der Waals surface area contributed by atoms with Crippen molar-refractivity contribution in [3.8, 4) is 0 Å². The highest BCUT2D eigenvalue weighted by atomic mass is 16.3. The van der Waals surface area contributed by atoms with Gasteiger partial charge in [-0.15, -0.1) is 0 Å². The van der Waals surface area contributed by atoms with Gasteiger partial charge in [-0.1, -0.05) is 39.5 Å². The fraction of sp³-hybridized carbons (Fsp3) is 1.00. The minimum absolute atomic E-state index is 0.304. The van der Waals surface area contributed by atoms with E-state index in [0.717, 1.165) is 25.7 Å². The van der Waals surface area contributed by atoms with Crippen LogP contribution in [0.2, 0.25) is 0 Å². The zero-order valence-electron chi connectivity index (χ0n) is 8.47. The predicted octanol–water partition coefficient (Wildman–Crippen LogP) is 3.12. The average molecular weight is 170 g/mol. The van der Waals surface area contributed by atoms with Gasteiger partial charge in [0.05, 0.1) is 5.60 Å². The van der Waals surface area contributed by atoms with Gasteiger partial charge in [0.25, 0.3) is 0 Å². The van der Waals surface area contributed by atoms with Crippen molar-refractivity contribution < 1.29 is 5.11 Å². The fourth-order valence-corrected chi connectivity index (χ4v) is 2.64. The summed E-state index contributed by atoms with van der Waals surface area (Å²) >= 11 is 0. The molecule has 0 amide bonds. The van der Waals surface area contributed by atoms with Crippen LogP contribution in [0.15, 0.2) is 0 Å². The third-order valence-electron chi connectivity index (χ3n) is 3.35. The Morgan fingerprint density at radius 2 is 2.08 bits per heavy atom. The SMILES string of the molecule is CCCC1(O)CCCCC1CC. The second kappa shape index (κ2) is 4.27. The van der Waals surface area contributed by atoms with E-state index in [1.807, 2.05) is 0 Å². The van der Waals surface area contributed by atoms with E-state index >= 15 is 0 Å². The van der Waals surface area contributed by atoms with Gasteiger partial charge < -0.3 is 5.11 Å². The summed E-state index contributed by atoms with van der Waals surface area (Å²) in [7, 11) is 0. The maximum atomic E-state index is 10.3. The Kier molecular flexibility index (Phi) is 3.57. The molecular weight excluding hydrogens is 148 g/mol. The third-order valence-corrected chi connectivity index (χ3v) is 3.35. The summed E-state index contributed by atoms with van der Waals surface area (Å²) in [6.45, 7) is 4.37. The van der Waals surface area contributed by atoms with Crippen LogP contribution in [0.25, 0.3) is 0 Å². The van der Waals surface area contributed by atoms with E-state index in [1.165, 1.54) is 19.3 Å². The largest absolute Gasteiger partial charge is 0.390 e. The van der Waals surface area contributed by atoms with Crippen LogP contribution >= 0.6 is 0 Å². The number of hydrogen-bond acceptors (Lipinski definition) is 1. The van der Waals surface area contributed by atoms with Crippen molar-refractivity contribution in [2.75, 3.05) is 0 Å². The molecule has 0 aromatic heterocycles. The molecule has 2 atom stereocenters. The van der Waals surface area contributed by atoms with Crippen molar-refractivity contribution in [3.05, 3.63) is 0 Å². The smallest absolute Gasteiger partial charge is 0.0675 e. The van der Waals surface area contributed by atoms with Crippen LogP contribution in [0, 0.1) is 5.92 Å². The van der Waals surface area contributed by atoms with Crippen molar-refractivity contribution in [1.29, 1.82) is 0 Å². The van der Waals surface area contributed by atoms with E-state index in [9.17, 15) is 5.11 Å². The van der Waals surface area contributed by atoms with Crippen LogP contribution in [0.5, 0.6) is 0 Å². The first kappa shape index (κ1) is 10.0. The minimum atomic E-state index is -0.304. The maximum Gasteiger partial charge on any atom is 0.0675 e. The van der Waals surface area contributed by atoms with E-state index in [2.05, 4.69) is 13.8 Å². The van der Waals surface area contributed by atoms with Gasteiger partial charge in [-0.25, -0.2) is 0 Å². The van der Waals surface area contributed by atoms with E-state index in [0.29, 0.717) is 5.92 Å². The van der Waals surface area contributed by atoms with Crippen molar-refractivity contribution in [1.82, 2.24) is 0 Å². The molecule has 0 aliphatic heterocycles. The first-order chi connectivity index (χ1) is 5.73. The highest BCUT2D eigenvalue weighted by molar-refractivity contribution is 4.88. The molecule has 0 heterocycles. The van der Waals surface area contributed by atoms with Gasteiger partial charge in [-0.3, -0.25) is 0 Å². The van der Waals surface area contributed by atoms with Crippen LogP contribution in [-0.2, 0) is 0 Å². The summed E-state index contributed by atoms with van der Waals surface area (Å²) in [5, 5.41) is 10.3. The monoisotopic (exact) mass is 170 g/mol. The van der Waals surface area contributed by atoms with Crippen molar-refractivity contribution in [2.24, 2.45) is 5.92 Å². The molecule has 0 aromatic rings. The van der Waals surface area contributed by atoms with Gasteiger partial charge in [-0.2, -0.15) is 0 Å². The van der Waals surface area contributed by atoms with Gasteiger partial charge in [0, 0.05) is 0 Å². The zero-order chi connectivity index (χ0) is 9.03. The topological polar surface area (TPSA) is 20.2 Å². The van der Waals surface area contributed by atoms with Crippen LogP contribution in [0.4, 0.5) is 0 Å². The molecule has 1 saturated carbocycles. The van der Waals surface area contributed by atoms with Gasteiger partial charge in [-0.05, 0) is 25.2 Å². The van der Waals surface area contributed by atoms with E-state index in [1.54, 1.807) is 0 Å². The standard InChI is InChI=1S/C11H22O/c1-3-8-11(12)9-6-5-7-10(11)4-2/h10,12H,3-9H2,1-2H3. The van der Waals surface area contributed by atoms with Crippen molar-refractivity contribution in [2.45, 2.75) is 64.4 Å². The Morgan fingerprint density at radius 1 is 1.33 bits per heavy atom. The summed E-state index contributed by atoms with van der Waals surface area (Å²) in [6.07, 6.45) is 8.11. The number of aliphatic hydroxyl groups is 1.